The molecule has 0 saturated heterocycles. The predicted molar refractivity (Wildman–Crippen MR) is 82.2 cm³/mol. The Morgan fingerprint density at radius 1 is 1.10 bits per heavy atom. The summed E-state index contributed by atoms with van der Waals surface area (Å²) in [5.41, 5.74) is 1.20. The number of carboxylic acid groups (broad SMARTS) is 1. The number of amides is 1. The molecule has 1 N–H and O–H groups in total. The van der Waals surface area contributed by atoms with Crippen molar-refractivity contribution in [3.63, 3.8) is 0 Å². The number of hydrogen-bond donors (Lipinski definition) is 1. The molecular formula is C17H19NO3. The van der Waals surface area contributed by atoms with E-state index in [9.17, 15) is 9.59 Å². The molecule has 0 aliphatic rings. The first-order chi connectivity index (χ1) is 10.1. The monoisotopic (exact) mass is 285 g/mol. The molecule has 0 aliphatic heterocycles. The molecule has 0 radical (unpaired) electrons. The molecule has 0 aliphatic carbocycles. The molecule has 110 valence electrons. The minimum atomic E-state index is -0.986. The summed E-state index contributed by atoms with van der Waals surface area (Å²) in [6.07, 6.45) is 1.91. The fourth-order valence-electron chi connectivity index (χ4n) is 2.32. The second-order valence-electron chi connectivity index (χ2n) is 5.18. The van der Waals surface area contributed by atoms with E-state index in [0.717, 1.165) is 12.8 Å². The maximum atomic E-state index is 11.7. The number of benzene rings is 2. The minimum absolute atomic E-state index is 0.127. The number of carbonyl (C=O) groups is 2. The van der Waals surface area contributed by atoms with Gasteiger partial charge in [-0.25, -0.2) is 0 Å². The fourth-order valence-corrected chi connectivity index (χ4v) is 2.32. The Labute approximate surface area is 124 Å². The second kappa shape index (κ2) is 6.88. The smallest absolute Gasteiger partial charge is 0.323 e. The van der Waals surface area contributed by atoms with Gasteiger partial charge in [-0.3, -0.25) is 9.59 Å². The van der Waals surface area contributed by atoms with Crippen molar-refractivity contribution >= 4 is 22.6 Å². The average molecular weight is 285 g/mol. The van der Waals surface area contributed by atoms with Gasteiger partial charge in [0.1, 0.15) is 6.54 Å². The summed E-state index contributed by atoms with van der Waals surface area (Å²) in [7, 11) is 1.52. The Morgan fingerprint density at radius 3 is 2.52 bits per heavy atom. The van der Waals surface area contributed by atoms with Crippen LogP contribution >= 0.6 is 0 Å². The lowest BCUT2D eigenvalue weighted by molar-refractivity contribution is -0.143. The summed E-state index contributed by atoms with van der Waals surface area (Å²) in [6.45, 7) is -0.241. The Hall–Kier alpha value is -2.36. The molecule has 4 nitrogen and oxygen atoms in total. The van der Waals surface area contributed by atoms with Crippen molar-refractivity contribution in [3.05, 3.63) is 48.0 Å². The molecule has 0 heterocycles. The Bertz CT molecular complexity index is 651. The van der Waals surface area contributed by atoms with E-state index in [1.165, 1.54) is 28.3 Å². The lowest BCUT2D eigenvalue weighted by Gasteiger charge is -2.14. The minimum Gasteiger partial charge on any atom is -0.480 e. The van der Waals surface area contributed by atoms with Crippen molar-refractivity contribution in [2.24, 2.45) is 0 Å². The summed E-state index contributed by atoms with van der Waals surface area (Å²) in [6, 6.07) is 14.5. The van der Waals surface area contributed by atoms with Crippen LogP contribution in [0.5, 0.6) is 0 Å². The first-order valence-electron chi connectivity index (χ1n) is 6.99. The van der Waals surface area contributed by atoms with Crippen molar-refractivity contribution in [2.45, 2.75) is 19.3 Å². The third kappa shape index (κ3) is 4.31. The second-order valence-corrected chi connectivity index (χ2v) is 5.18. The number of fused-ring (bicyclic) bond motifs is 1. The van der Waals surface area contributed by atoms with Crippen LogP contribution in [0.3, 0.4) is 0 Å². The summed E-state index contributed by atoms with van der Waals surface area (Å²) in [5.74, 6) is -1.11. The lowest BCUT2D eigenvalue weighted by atomic mass is 10.0. The van der Waals surface area contributed by atoms with Crippen LogP contribution in [0.1, 0.15) is 18.4 Å². The van der Waals surface area contributed by atoms with Gasteiger partial charge in [-0.1, -0.05) is 42.5 Å². The molecule has 0 fully saturated rings. The van der Waals surface area contributed by atoms with E-state index in [1.807, 2.05) is 12.1 Å². The van der Waals surface area contributed by atoms with Gasteiger partial charge in [0.2, 0.25) is 5.91 Å². The standard InChI is InChI=1S/C17H19NO3/c1-18(12-17(20)21)16(19)8-4-5-13-9-10-14-6-2-3-7-15(14)11-13/h2-3,6-7,9-11H,4-5,8,12H2,1H3,(H,20,21). The third-order valence-corrected chi connectivity index (χ3v) is 3.47. The van der Waals surface area contributed by atoms with Gasteiger partial charge in [0.25, 0.3) is 0 Å². The summed E-state index contributed by atoms with van der Waals surface area (Å²) in [4.78, 5) is 23.5. The van der Waals surface area contributed by atoms with Crippen LogP contribution in [0.25, 0.3) is 10.8 Å². The highest BCUT2D eigenvalue weighted by Crippen LogP contribution is 2.17. The van der Waals surface area contributed by atoms with Crippen LogP contribution in [0.4, 0.5) is 0 Å². The number of likely N-dealkylation sites (N-methyl/N-ethyl adjacent to an activating group) is 1. The number of rotatable bonds is 6. The number of carbonyl (C=O) groups excluding carboxylic acids is 1. The molecule has 0 aromatic heterocycles. The number of aryl methyl sites for hydroxylation is 1. The molecule has 0 atom stereocenters. The van der Waals surface area contributed by atoms with E-state index in [4.69, 9.17) is 5.11 Å². The molecule has 2 aromatic rings. The van der Waals surface area contributed by atoms with Gasteiger partial charge < -0.3 is 10.0 Å². The summed E-state index contributed by atoms with van der Waals surface area (Å²) >= 11 is 0. The summed E-state index contributed by atoms with van der Waals surface area (Å²) in [5, 5.41) is 11.0. The number of hydrogen-bond acceptors (Lipinski definition) is 2. The van der Waals surface area contributed by atoms with E-state index in [1.54, 1.807) is 0 Å². The molecule has 1 amide bonds. The van der Waals surface area contributed by atoms with Crippen molar-refractivity contribution in [2.75, 3.05) is 13.6 Å². The first kappa shape index (κ1) is 15.0. The van der Waals surface area contributed by atoms with Gasteiger partial charge in [-0.2, -0.15) is 0 Å². The van der Waals surface area contributed by atoms with Crippen molar-refractivity contribution in [3.8, 4) is 0 Å². The topological polar surface area (TPSA) is 57.6 Å². The van der Waals surface area contributed by atoms with E-state index < -0.39 is 5.97 Å². The van der Waals surface area contributed by atoms with Crippen molar-refractivity contribution < 1.29 is 14.7 Å². The normalized spacial score (nSPS) is 10.5. The largest absolute Gasteiger partial charge is 0.480 e. The van der Waals surface area contributed by atoms with Crippen LogP contribution in [0, 0.1) is 0 Å². The number of carboxylic acids is 1. The highest BCUT2D eigenvalue weighted by molar-refractivity contribution is 5.83. The van der Waals surface area contributed by atoms with Gasteiger partial charge in [0, 0.05) is 13.5 Å². The van der Waals surface area contributed by atoms with Crippen LogP contribution in [-0.4, -0.2) is 35.5 Å². The van der Waals surface area contributed by atoms with Crippen LogP contribution in [-0.2, 0) is 16.0 Å². The lowest BCUT2D eigenvalue weighted by Crippen LogP contribution is -2.31. The molecule has 21 heavy (non-hydrogen) atoms. The third-order valence-electron chi connectivity index (χ3n) is 3.47. The fraction of sp³-hybridized carbons (Fsp3) is 0.294. The van der Waals surface area contributed by atoms with Crippen molar-refractivity contribution in [1.82, 2.24) is 4.90 Å². The molecule has 4 heteroatoms. The van der Waals surface area contributed by atoms with Crippen LogP contribution in [0.2, 0.25) is 0 Å². The van der Waals surface area contributed by atoms with Crippen LogP contribution in [0.15, 0.2) is 42.5 Å². The predicted octanol–water partition coefficient (Wildman–Crippen LogP) is 2.71. The molecule has 0 bridgehead atoms. The van der Waals surface area contributed by atoms with Gasteiger partial charge in [0.05, 0.1) is 0 Å². The SMILES string of the molecule is CN(CC(=O)O)C(=O)CCCc1ccc2ccccc2c1. The zero-order valence-corrected chi connectivity index (χ0v) is 12.1. The van der Waals surface area contributed by atoms with E-state index >= 15 is 0 Å². The molecule has 2 rings (SSSR count). The quantitative estimate of drug-likeness (QED) is 0.887. The van der Waals surface area contributed by atoms with Crippen LogP contribution < -0.4 is 0 Å². The Kier molecular flexibility index (Phi) is 4.93. The molecule has 0 unspecified atom stereocenters. The van der Waals surface area contributed by atoms with Gasteiger partial charge in [-0.05, 0) is 29.2 Å². The summed E-state index contributed by atoms with van der Waals surface area (Å²) < 4.78 is 0. The molecule has 2 aromatic carbocycles. The maximum Gasteiger partial charge on any atom is 0.323 e. The maximum absolute atomic E-state index is 11.7. The molecule has 0 spiro atoms. The first-order valence-corrected chi connectivity index (χ1v) is 6.99. The van der Waals surface area contributed by atoms with Gasteiger partial charge in [-0.15, -0.1) is 0 Å². The van der Waals surface area contributed by atoms with Crippen molar-refractivity contribution in [1.29, 1.82) is 0 Å². The van der Waals surface area contributed by atoms with Gasteiger partial charge in [0.15, 0.2) is 0 Å². The molecular weight excluding hydrogens is 266 g/mol. The van der Waals surface area contributed by atoms with E-state index in [0.29, 0.717) is 6.42 Å². The average Bonchev–Trinajstić information content (AvgIpc) is 2.46. The number of nitrogens with zero attached hydrogens (tertiary/aromatic N) is 1. The Morgan fingerprint density at radius 2 is 1.81 bits per heavy atom. The highest BCUT2D eigenvalue weighted by atomic mass is 16.4. The Balaban J connectivity index is 1.87. The van der Waals surface area contributed by atoms with E-state index in [2.05, 4.69) is 30.3 Å². The van der Waals surface area contributed by atoms with E-state index in [-0.39, 0.29) is 12.5 Å². The molecule has 0 saturated carbocycles. The zero-order valence-electron chi connectivity index (χ0n) is 12.1. The number of aliphatic carboxylic acids is 1. The zero-order chi connectivity index (χ0) is 15.2. The highest BCUT2D eigenvalue weighted by Gasteiger charge is 2.11. The van der Waals surface area contributed by atoms with Gasteiger partial charge >= 0.3 is 5.97 Å².